The van der Waals surface area contributed by atoms with Crippen molar-refractivity contribution in [3.63, 3.8) is 0 Å². The van der Waals surface area contributed by atoms with Gasteiger partial charge in [-0.15, -0.1) is 11.3 Å². The van der Waals surface area contributed by atoms with Crippen LogP contribution in [0.1, 0.15) is 16.1 Å². The van der Waals surface area contributed by atoms with Crippen molar-refractivity contribution in [2.75, 3.05) is 6.54 Å². The third kappa shape index (κ3) is 3.37. The molecule has 0 spiro atoms. The Kier molecular flexibility index (Phi) is 4.56. The monoisotopic (exact) mass is 332 g/mol. The van der Waals surface area contributed by atoms with Gasteiger partial charge in [0.2, 0.25) is 0 Å². The van der Waals surface area contributed by atoms with Crippen LogP contribution < -0.4 is 5.32 Å². The maximum absolute atomic E-state index is 12.0. The molecule has 0 unspecified atom stereocenters. The van der Waals surface area contributed by atoms with Crippen LogP contribution in [0.3, 0.4) is 0 Å². The number of halogens is 1. The summed E-state index contributed by atoms with van der Waals surface area (Å²) in [5.41, 5.74) is 1.28. The fourth-order valence-electron chi connectivity index (χ4n) is 2.02. The van der Waals surface area contributed by atoms with Gasteiger partial charge >= 0.3 is 0 Å². The molecule has 22 heavy (non-hydrogen) atoms. The fourth-order valence-corrected chi connectivity index (χ4v) is 2.92. The number of hydrogen-bond acceptors (Lipinski definition) is 4. The van der Waals surface area contributed by atoms with Gasteiger partial charge in [0.15, 0.2) is 11.5 Å². The molecule has 0 aliphatic carbocycles. The summed E-state index contributed by atoms with van der Waals surface area (Å²) in [6.45, 7) is 0.490. The van der Waals surface area contributed by atoms with E-state index in [0.717, 1.165) is 10.4 Å². The Bertz CT molecular complexity index is 768. The molecule has 1 amide bonds. The van der Waals surface area contributed by atoms with Crippen molar-refractivity contribution in [1.29, 1.82) is 0 Å². The number of nitrogens with zero attached hydrogens (tertiary/aromatic N) is 1. The predicted molar refractivity (Wildman–Crippen MR) is 87.3 cm³/mol. The number of amides is 1. The Morgan fingerprint density at radius 2 is 2.14 bits per heavy atom. The van der Waals surface area contributed by atoms with E-state index in [1.54, 1.807) is 6.07 Å². The molecule has 0 aliphatic heterocycles. The topological polar surface area (TPSA) is 55.1 Å². The molecule has 112 valence electrons. The SMILES string of the molecule is O=C(NCCc1ccccc1Cl)c1cc(-c2cccs2)on1. The standard InChI is InChI=1S/C16H13ClN2O2S/c17-12-5-2-1-4-11(12)7-8-18-16(20)13-10-14(21-19-13)15-6-3-9-22-15/h1-6,9-10H,7-8H2,(H,18,20). The van der Waals surface area contributed by atoms with Gasteiger partial charge < -0.3 is 9.84 Å². The summed E-state index contributed by atoms with van der Waals surface area (Å²) in [4.78, 5) is 13.0. The molecule has 3 aromatic rings. The fraction of sp³-hybridized carbons (Fsp3) is 0.125. The second kappa shape index (κ2) is 6.77. The van der Waals surface area contributed by atoms with Crippen molar-refractivity contribution in [3.8, 4) is 10.6 Å². The van der Waals surface area contributed by atoms with E-state index in [0.29, 0.717) is 23.7 Å². The summed E-state index contributed by atoms with van der Waals surface area (Å²) < 4.78 is 5.19. The summed E-state index contributed by atoms with van der Waals surface area (Å²) in [6.07, 6.45) is 0.668. The summed E-state index contributed by atoms with van der Waals surface area (Å²) >= 11 is 7.62. The molecular weight excluding hydrogens is 320 g/mol. The van der Waals surface area contributed by atoms with Crippen molar-refractivity contribution in [3.05, 3.63) is 64.1 Å². The van der Waals surface area contributed by atoms with Crippen molar-refractivity contribution in [2.24, 2.45) is 0 Å². The van der Waals surface area contributed by atoms with Crippen molar-refractivity contribution in [1.82, 2.24) is 10.5 Å². The maximum Gasteiger partial charge on any atom is 0.273 e. The van der Waals surface area contributed by atoms with E-state index in [9.17, 15) is 4.79 Å². The second-order valence-corrected chi connectivity index (χ2v) is 6.01. The number of aromatic nitrogens is 1. The number of thiophene rings is 1. The molecule has 1 aromatic carbocycles. The highest BCUT2D eigenvalue weighted by molar-refractivity contribution is 7.13. The zero-order valence-corrected chi connectivity index (χ0v) is 13.2. The number of carbonyl (C=O) groups excluding carboxylic acids is 1. The lowest BCUT2D eigenvalue weighted by molar-refractivity contribution is 0.0945. The third-order valence-electron chi connectivity index (χ3n) is 3.14. The lowest BCUT2D eigenvalue weighted by Crippen LogP contribution is -2.25. The molecule has 6 heteroatoms. The summed E-state index contributed by atoms with van der Waals surface area (Å²) in [7, 11) is 0. The summed E-state index contributed by atoms with van der Waals surface area (Å²) in [6, 6.07) is 13.1. The van der Waals surface area contributed by atoms with E-state index < -0.39 is 0 Å². The van der Waals surface area contributed by atoms with Crippen LogP contribution in [-0.2, 0) is 6.42 Å². The number of nitrogens with one attached hydrogen (secondary N) is 1. The summed E-state index contributed by atoms with van der Waals surface area (Å²) in [5.74, 6) is 0.352. The minimum absolute atomic E-state index is 0.251. The second-order valence-electron chi connectivity index (χ2n) is 4.65. The van der Waals surface area contributed by atoms with Gasteiger partial charge in [0.05, 0.1) is 4.88 Å². The largest absolute Gasteiger partial charge is 0.355 e. The Hall–Kier alpha value is -2.11. The van der Waals surface area contributed by atoms with Crippen LogP contribution in [0, 0.1) is 0 Å². The molecule has 0 saturated carbocycles. The van der Waals surface area contributed by atoms with Crippen LogP contribution in [0.2, 0.25) is 5.02 Å². The van der Waals surface area contributed by atoms with Gasteiger partial charge in [0.25, 0.3) is 5.91 Å². The van der Waals surface area contributed by atoms with Crippen LogP contribution in [0.5, 0.6) is 0 Å². The molecule has 2 aromatic heterocycles. The number of benzene rings is 1. The number of rotatable bonds is 5. The Morgan fingerprint density at radius 1 is 1.27 bits per heavy atom. The van der Waals surface area contributed by atoms with Crippen molar-refractivity contribution >= 4 is 28.8 Å². The van der Waals surface area contributed by atoms with Gasteiger partial charge in [-0.2, -0.15) is 0 Å². The third-order valence-corrected chi connectivity index (χ3v) is 4.40. The van der Waals surface area contributed by atoms with E-state index in [4.69, 9.17) is 16.1 Å². The average molecular weight is 333 g/mol. The van der Waals surface area contributed by atoms with Gasteiger partial charge in [0.1, 0.15) is 0 Å². The van der Waals surface area contributed by atoms with E-state index >= 15 is 0 Å². The Morgan fingerprint density at radius 3 is 2.91 bits per heavy atom. The van der Waals surface area contributed by atoms with Crippen molar-refractivity contribution in [2.45, 2.75) is 6.42 Å². The molecule has 0 aliphatic rings. The number of carbonyl (C=O) groups is 1. The van der Waals surface area contributed by atoms with E-state index in [1.165, 1.54) is 11.3 Å². The highest BCUT2D eigenvalue weighted by atomic mass is 35.5. The maximum atomic E-state index is 12.0. The Labute approximate surface area is 136 Å². The van der Waals surface area contributed by atoms with Gasteiger partial charge in [-0.1, -0.05) is 41.0 Å². The van der Waals surface area contributed by atoms with Crippen LogP contribution in [0.25, 0.3) is 10.6 Å². The molecule has 4 nitrogen and oxygen atoms in total. The minimum Gasteiger partial charge on any atom is -0.355 e. The molecule has 3 rings (SSSR count). The first-order valence-corrected chi connectivity index (χ1v) is 8.02. The van der Waals surface area contributed by atoms with Crippen LogP contribution in [-0.4, -0.2) is 17.6 Å². The first kappa shape index (κ1) is 14.8. The molecule has 0 saturated heterocycles. The number of hydrogen-bond donors (Lipinski definition) is 1. The van der Waals surface area contributed by atoms with Gasteiger partial charge in [-0.05, 0) is 29.5 Å². The van der Waals surface area contributed by atoms with Gasteiger partial charge in [-0.3, -0.25) is 4.79 Å². The molecule has 2 heterocycles. The van der Waals surface area contributed by atoms with Gasteiger partial charge in [-0.25, -0.2) is 0 Å². The molecule has 1 N–H and O–H groups in total. The van der Waals surface area contributed by atoms with E-state index in [-0.39, 0.29) is 11.6 Å². The lowest BCUT2D eigenvalue weighted by atomic mass is 10.1. The van der Waals surface area contributed by atoms with Crippen LogP contribution >= 0.6 is 22.9 Å². The van der Waals surface area contributed by atoms with E-state index in [2.05, 4.69) is 10.5 Å². The Balaban J connectivity index is 1.57. The van der Waals surface area contributed by atoms with Crippen LogP contribution in [0.15, 0.2) is 52.4 Å². The minimum atomic E-state index is -0.251. The smallest absolute Gasteiger partial charge is 0.273 e. The van der Waals surface area contributed by atoms with Crippen LogP contribution in [0.4, 0.5) is 0 Å². The quantitative estimate of drug-likeness (QED) is 0.767. The molecule has 0 atom stereocenters. The highest BCUT2D eigenvalue weighted by Crippen LogP contribution is 2.25. The molecular formula is C16H13ClN2O2S. The summed E-state index contributed by atoms with van der Waals surface area (Å²) in [5, 5.41) is 9.28. The average Bonchev–Trinajstić information content (AvgIpc) is 3.20. The normalized spacial score (nSPS) is 10.6. The molecule has 0 radical (unpaired) electrons. The zero-order chi connectivity index (χ0) is 15.4. The lowest BCUT2D eigenvalue weighted by Gasteiger charge is -2.04. The van der Waals surface area contributed by atoms with E-state index in [1.807, 2.05) is 41.8 Å². The predicted octanol–water partition coefficient (Wildman–Crippen LogP) is 4.03. The molecule has 0 bridgehead atoms. The first-order valence-electron chi connectivity index (χ1n) is 6.76. The highest BCUT2D eigenvalue weighted by Gasteiger charge is 2.13. The first-order chi connectivity index (χ1) is 10.7. The van der Waals surface area contributed by atoms with Crippen molar-refractivity contribution < 1.29 is 9.32 Å². The molecule has 0 fully saturated rings. The zero-order valence-electron chi connectivity index (χ0n) is 11.6. The van der Waals surface area contributed by atoms with Gasteiger partial charge in [0, 0.05) is 17.6 Å².